The molecule has 0 spiro atoms. The van der Waals surface area contributed by atoms with Crippen molar-refractivity contribution in [2.75, 3.05) is 7.11 Å². The lowest BCUT2D eigenvalue weighted by Gasteiger charge is -2.22. The van der Waals surface area contributed by atoms with Gasteiger partial charge in [-0.25, -0.2) is 4.79 Å². The molecule has 1 amide bonds. The second-order valence-electron chi connectivity index (χ2n) is 6.63. The summed E-state index contributed by atoms with van der Waals surface area (Å²) in [5.41, 5.74) is 2.64. The van der Waals surface area contributed by atoms with E-state index in [-0.39, 0.29) is 5.91 Å². The first-order valence-corrected chi connectivity index (χ1v) is 10.1. The number of rotatable bonds is 7. The number of esters is 1. The Hall–Kier alpha value is -2.92. The summed E-state index contributed by atoms with van der Waals surface area (Å²) in [6.45, 7) is 0. The number of benzene rings is 3. The number of carbonyl (C=O) groups excluding carboxylic acids is 2. The van der Waals surface area contributed by atoms with Crippen molar-refractivity contribution in [1.29, 1.82) is 0 Å². The van der Waals surface area contributed by atoms with E-state index in [4.69, 9.17) is 4.74 Å². The molecule has 1 atom stereocenters. The van der Waals surface area contributed by atoms with Crippen molar-refractivity contribution < 1.29 is 14.3 Å². The summed E-state index contributed by atoms with van der Waals surface area (Å²) in [5.74, 6) is -1.25. The lowest BCUT2D eigenvalue weighted by molar-refractivity contribution is -0.145. The molecule has 1 N–H and O–H groups in total. The van der Waals surface area contributed by atoms with Crippen molar-refractivity contribution in [2.24, 2.45) is 0 Å². The number of halogens is 1. The van der Waals surface area contributed by atoms with Gasteiger partial charge >= 0.3 is 5.97 Å². The first-order valence-electron chi connectivity index (χ1n) is 9.31. The van der Waals surface area contributed by atoms with Crippen LogP contribution in [0.25, 0.3) is 0 Å². The molecule has 5 heteroatoms. The summed E-state index contributed by atoms with van der Waals surface area (Å²) in [6, 6.07) is 25.9. The molecule has 4 nitrogen and oxygen atoms in total. The van der Waals surface area contributed by atoms with Gasteiger partial charge in [0, 0.05) is 10.9 Å². The lowest BCUT2D eigenvalue weighted by atomic mass is 9.90. The number of methoxy groups -OCH3 is 1. The monoisotopic (exact) mass is 451 g/mol. The molecule has 0 saturated heterocycles. The minimum atomic E-state index is -0.791. The zero-order valence-corrected chi connectivity index (χ0v) is 17.6. The molecule has 3 rings (SSSR count). The van der Waals surface area contributed by atoms with Crippen LogP contribution in [0.2, 0.25) is 0 Å². The minimum absolute atomic E-state index is 0.246. The van der Waals surface area contributed by atoms with Crippen LogP contribution in [-0.4, -0.2) is 25.0 Å². The average Bonchev–Trinajstić information content (AvgIpc) is 2.76. The average molecular weight is 452 g/mol. The van der Waals surface area contributed by atoms with Gasteiger partial charge in [0.25, 0.3) is 0 Å². The molecule has 0 fully saturated rings. The van der Waals surface area contributed by atoms with Crippen LogP contribution in [0, 0.1) is 0 Å². The van der Waals surface area contributed by atoms with Gasteiger partial charge < -0.3 is 10.1 Å². The normalized spacial score (nSPS) is 11.7. The number of ether oxygens (including phenoxy) is 1. The van der Waals surface area contributed by atoms with Crippen molar-refractivity contribution >= 4 is 27.8 Å². The van der Waals surface area contributed by atoms with E-state index in [1.54, 1.807) is 0 Å². The molecule has 29 heavy (non-hydrogen) atoms. The van der Waals surface area contributed by atoms with Crippen LogP contribution >= 0.6 is 15.9 Å². The molecule has 0 aromatic heterocycles. The largest absolute Gasteiger partial charge is 0.467 e. The van der Waals surface area contributed by atoms with Gasteiger partial charge in [0.05, 0.1) is 13.0 Å². The van der Waals surface area contributed by atoms with Crippen LogP contribution in [0.4, 0.5) is 0 Å². The van der Waals surface area contributed by atoms with Crippen LogP contribution in [-0.2, 0) is 20.7 Å². The second kappa shape index (κ2) is 10.0. The summed E-state index contributed by atoms with van der Waals surface area (Å²) >= 11 is 3.50. The molecule has 0 heterocycles. The van der Waals surface area contributed by atoms with E-state index < -0.39 is 17.9 Å². The Morgan fingerprint density at radius 1 is 0.862 bits per heavy atom. The fourth-order valence-corrected chi connectivity index (χ4v) is 3.71. The van der Waals surface area contributed by atoms with Crippen molar-refractivity contribution in [3.8, 4) is 0 Å². The van der Waals surface area contributed by atoms with Gasteiger partial charge in [0.2, 0.25) is 5.91 Å². The molecular formula is C24H22BrNO3. The fourth-order valence-electron chi connectivity index (χ4n) is 3.26. The summed E-state index contributed by atoms with van der Waals surface area (Å²) in [6.07, 6.45) is 0.330. The third-order valence-electron chi connectivity index (χ3n) is 4.71. The van der Waals surface area contributed by atoms with Crippen LogP contribution < -0.4 is 5.32 Å². The quantitative estimate of drug-likeness (QED) is 0.538. The van der Waals surface area contributed by atoms with E-state index in [9.17, 15) is 9.59 Å². The summed E-state index contributed by atoms with van der Waals surface area (Å²) in [5, 5.41) is 2.91. The van der Waals surface area contributed by atoms with Crippen molar-refractivity contribution in [2.45, 2.75) is 18.4 Å². The summed E-state index contributed by atoms with van der Waals surface area (Å²) < 4.78 is 5.83. The van der Waals surface area contributed by atoms with Crippen LogP contribution in [0.15, 0.2) is 89.4 Å². The molecular weight excluding hydrogens is 430 g/mol. The predicted octanol–water partition coefficient (Wildman–Crippen LogP) is 4.48. The van der Waals surface area contributed by atoms with Gasteiger partial charge in [0.1, 0.15) is 6.04 Å². The summed E-state index contributed by atoms with van der Waals surface area (Å²) in [7, 11) is 1.33. The smallest absolute Gasteiger partial charge is 0.328 e. The minimum Gasteiger partial charge on any atom is -0.467 e. The van der Waals surface area contributed by atoms with E-state index in [2.05, 4.69) is 21.2 Å². The fraction of sp³-hybridized carbons (Fsp3) is 0.167. The SMILES string of the molecule is COC(=O)[C@@H](Cc1ccccc1Br)NC(=O)C(c1ccccc1)c1ccccc1. The Balaban J connectivity index is 1.89. The molecule has 0 bridgehead atoms. The van der Waals surface area contributed by atoms with Gasteiger partial charge in [-0.3, -0.25) is 4.79 Å². The topological polar surface area (TPSA) is 55.4 Å². The highest BCUT2D eigenvalue weighted by Crippen LogP contribution is 2.25. The number of carbonyl (C=O) groups is 2. The van der Waals surface area contributed by atoms with E-state index in [1.807, 2.05) is 84.9 Å². The Kier molecular flexibility index (Phi) is 7.19. The highest BCUT2D eigenvalue weighted by molar-refractivity contribution is 9.10. The molecule has 0 unspecified atom stereocenters. The van der Waals surface area contributed by atoms with Gasteiger partial charge in [-0.05, 0) is 22.8 Å². The van der Waals surface area contributed by atoms with Gasteiger partial charge in [-0.1, -0.05) is 94.8 Å². The molecule has 0 saturated carbocycles. The van der Waals surface area contributed by atoms with E-state index in [0.717, 1.165) is 21.2 Å². The molecule has 3 aromatic carbocycles. The molecule has 148 valence electrons. The van der Waals surface area contributed by atoms with Gasteiger partial charge in [0.15, 0.2) is 0 Å². The Bertz CT molecular complexity index is 921. The van der Waals surface area contributed by atoms with Crippen LogP contribution in [0.3, 0.4) is 0 Å². The van der Waals surface area contributed by atoms with E-state index >= 15 is 0 Å². The predicted molar refractivity (Wildman–Crippen MR) is 117 cm³/mol. The third kappa shape index (κ3) is 5.33. The van der Waals surface area contributed by atoms with E-state index in [0.29, 0.717) is 6.42 Å². The van der Waals surface area contributed by atoms with Gasteiger partial charge in [-0.15, -0.1) is 0 Å². The Morgan fingerprint density at radius 2 is 1.38 bits per heavy atom. The number of nitrogens with one attached hydrogen (secondary N) is 1. The molecule has 3 aromatic rings. The molecule has 0 aliphatic heterocycles. The first-order chi connectivity index (χ1) is 14.1. The number of hydrogen-bond donors (Lipinski definition) is 1. The van der Waals surface area contributed by atoms with Crippen LogP contribution in [0.5, 0.6) is 0 Å². The van der Waals surface area contributed by atoms with Gasteiger partial charge in [-0.2, -0.15) is 0 Å². The maximum absolute atomic E-state index is 13.3. The molecule has 0 aliphatic carbocycles. The standard InChI is InChI=1S/C24H22BrNO3/c1-29-24(28)21(16-19-14-8-9-15-20(19)25)26-23(27)22(17-10-4-2-5-11-17)18-12-6-3-7-13-18/h2-15,21-22H,16H2,1H3,(H,26,27)/t21-/m1/s1. The van der Waals surface area contributed by atoms with E-state index in [1.165, 1.54) is 7.11 Å². The highest BCUT2D eigenvalue weighted by Gasteiger charge is 2.28. The molecule has 0 aliphatic rings. The van der Waals surface area contributed by atoms with Crippen LogP contribution in [0.1, 0.15) is 22.6 Å². The number of hydrogen-bond acceptors (Lipinski definition) is 3. The maximum atomic E-state index is 13.3. The highest BCUT2D eigenvalue weighted by atomic mass is 79.9. The zero-order chi connectivity index (χ0) is 20.6. The molecule has 0 radical (unpaired) electrons. The van der Waals surface area contributed by atoms with Crippen molar-refractivity contribution in [3.63, 3.8) is 0 Å². The second-order valence-corrected chi connectivity index (χ2v) is 7.49. The zero-order valence-electron chi connectivity index (χ0n) is 16.0. The van der Waals surface area contributed by atoms with Crippen molar-refractivity contribution in [3.05, 3.63) is 106 Å². The number of amides is 1. The Labute approximate surface area is 179 Å². The lowest BCUT2D eigenvalue weighted by Crippen LogP contribution is -2.45. The third-order valence-corrected chi connectivity index (χ3v) is 5.49. The first kappa shape index (κ1) is 20.8. The van der Waals surface area contributed by atoms with Crippen molar-refractivity contribution in [1.82, 2.24) is 5.32 Å². The Morgan fingerprint density at radius 3 is 1.90 bits per heavy atom. The summed E-state index contributed by atoms with van der Waals surface area (Å²) in [4.78, 5) is 25.7. The maximum Gasteiger partial charge on any atom is 0.328 e.